The van der Waals surface area contributed by atoms with Crippen molar-refractivity contribution in [2.45, 2.75) is 58.7 Å². The Bertz CT molecular complexity index is 1460. The van der Waals surface area contributed by atoms with Crippen LogP contribution < -0.4 is 21.6 Å². The van der Waals surface area contributed by atoms with Gasteiger partial charge < -0.3 is 21.2 Å². The summed E-state index contributed by atoms with van der Waals surface area (Å²) < 4.78 is 23.5. The molecule has 1 aliphatic heterocycles. The number of rotatable bonds is 8. The van der Waals surface area contributed by atoms with Crippen molar-refractivity contribution in [1.29, 1.82) is 5.26 Å². The van der Waals surface area contributed by atoms with Gasteiger partial charge in [0.25, 0.3) is 0 Å². The first-order valence-corrected chi connectivity index (χ1v) is 12.8. The Balaban J connectivity index is 1.64. The number of benzene rings is 2. The predicted octanol–water partition coefficient (Wildman–Crippen LogP) is 5.24. The molecule has 5 N–H and O–H groups in total. The number of hydrazine groups is 2. The zero-order chi connectivity index (χ0) is 27.9. The first kappa shape index (κ1) is 24.5. The van der Waals surface area contributed by atoms with Crippen LogP contribution in [0.15, 0.2) is 54.5 Å². The molecule has 1 aliphatic carbocycles. The van der Waals surface area contributed by atoms with Gasteiger partial charge in [-0.3, -0.25) is 9.99 Å². The molecule has 3 aromatic rings. The van der Waals surface area contributed by atoms with E-state index in [1.165, 1.54) is 18.3 Å². The van der Waals surface area contributed by atoms with E-state index in [0.717, 1.165) is 12.8 Å². The minimum absolute atomic E-state index is 0.0504. The van der Waals surface area contributed by atoms with Gasteiger partial charge in [-0.1, -0.05) is 32.9 Å². The van der Waals surface area contributed by atoms with E-state index in [4.69, 9.17) is 0 Å². The Morgan fingerprint density at radius 2 is 2.03 bits per heavy atom. The third-order valence-electron chi connectivity index (χ3n) is 6.57. The van der Waals surface area contributed by atoms with Crippen molar-refractivity contribution < 1.29 is 10.9 Å². The lowest BCUT2D eigenvalue weighted by molar-refractivity contribution is 0.200. The summed E-state index contributed by atoms with van der Waals surface area (Å²) in [6.45, 7) is 8.57. The summed E-state index contributed by atoms with van der Waals surface area (Å²) in [6.07, 6.45) is 4.66. The highest BCUT2D eigenvalue weighted by molar-refractivity contribution is 5.98. The van der Waals surface area contributed by atoms with Crippen molar-refractivity contribution >= 4 is 22.3 Å². The van der Waals surface area contributed by atoms with Gasteiger partial charge >= 0.3 is 0 Å². The van der Waals surface area contributed by atoms with E-state index in [0.29, 0.717) is 57.3 Å². The largest absolute Gasteiger partial charge is 0.389 e. The number of aromatic nitrogens is 1. The molecule has 38 heavy (non-hydrogen) atoms. The quantitative estimate of drug-likeness (QED) is 0.277. The number of nitrogens with zero attached hydrogens (tertiary/aromatic N) is 3. The normalized spacial score (nSPS) is 18.2. The second-order valence-corrected chi connectivity index (χ2v) is 11.1. The van der Waals surface area contributed by atoms with Gasteiger partial charge in [0.15, 0.2) is 0 Å². The van der Waals surface area contributed by atoms with E-state index in [1.807, 2.05) is 17.3 Å². The topological polar surface area (TPSA) is 108 Å². The zero-order valence-electron chi connectivity index (χ0n) is 23.1. The van der Waals surface area contributed by atoms with Gasteiger partial charge in [0, 0.05) is 41.6 Å². The highest BCUT2D eigenvalue weighted by Crippen LogP contribution is 2.37. The van der Waals surface area contributed by atoms with Gasteiger partial charge in [0.05, 0.1) is 36.0 Å². The number of anilines is 2. The van der Waals surface area contributed by atoms with E-state index in [-0.39, 0.29) is 11.2 Å². The van der Waals surface area contributed by atoms with E-state index < -0.39 is 12.1 Å². The number of hydrogen-bond acceptors (Lipinski definition) is 8. The lowest BCUT2D eigenvalue weighted by Crippen LogP contribution is -2.38. The Morgan fingerprint density at radius 1 is 1.29 bits per heavy atom. The number of nitriles is 1. The van der Waals surface area contributed by atoms with Crippen molar-refractivity contribution in [2.75, 3.05) is 17.2 Å². The second kappa shape index (κ2) is 10.1. The van der Waals surface area contributed by atoms with Gasteiger partial charge in [-0.15, -0.1) is 5.53 Å². The summed E-state index contributed by atoms with van der Waals surface area (Å²) in [5.74, 6) is -0.390. The Labute approximate surface area is 223 Å². The maximum absolute atomic E-state index is 13.8. The standard InChI is InChI=1S/C29H34FN7O/c1-17(38)23-11-21(12-24-26(33-16-29(2,3)4)19(13-31)14-32-28(23)24)34-27(18-5-7-20(30)8-6-18)25-15-37(36-35-25)22-9-10-22/h5-8,11-12,14-15,17,22,27,34-36,38H,9-10,16H2,1-4H3,(H,32,33)/i27D. The van der Waals surface area contributed by atoms with Gasteiger partial charge in [-0.25, -0.2) is 4.39 Å². The average Bonchev–Trinajstić information content (AvgIpc) is 3.62. The Kier molecular flexibility index (Phi) is 6.52. The van der Waals surface area contributed by atoms with Crippen LogP contribution in [-0.4, -0.2) is 27.7 Å². The van der Waals surface area contributed by atoms with Crippen LogP contribution in [0.25, 0.3) is 10.9 Å². The maximum Gasteiger partial charge on any atom is 0.123 e. The number of halogens is 1. The molecule has 1 aromatic heterocycles. The smallest absolute Gasteiger partial charge is 0.123 e. The second-order valence-electron chi connectivity index (χ2n) is 11.1. The molecule has 1 saturated carbocycles. The average molecular weight is 517 g/mol. The van der Waals surface area contributed by atoms with E-state index in [2.05, 4.69) is 53.4 Å². The van der Waals surface area contributed by atoms with Crippen molar-refractivity contribution in [3.63, 3.8) is 0 Å². The molecular weight excluding hydrogens is 481 g/mol. The van der Waals surface area contributed by atoms with Crippen LogP contribution >= 0.6 is 0 Å². The molecule has 0 saturated heterocycles. The number of pyridine rings is 1. The summed E-state index contributed by atoms with van der Waals surface area (Å²) in [7, 11) is 0. The van der Waals surface area contributed by atoms with Crippen LogP contribution in [0.1, 0.15) is 70.7 Å². The first-order valence-electron chi connectivity index (χ1n) is 13.3. The molecule has 2 aliphatic rings. The maximum atomic E-state index is 13.8. The molecule has 0 bridgehead atoms. The van der Waals surface area contributed by atoms with Crippen molar-refractivity contribution in [2.24, 2.45) is 5.41 Å². The Morgan fingerprint density at radius 3 is 2.66 bits per heavy atom. The molecule has 5 rings (SSSR count). The molecule has 8 nitrogen and oxygen atoms in total. The first-order chi connectivity index (χ1) is 18.5. The summed E-state index contributed by atoms with van der Waals surface area (Å²) in [4.78, 5) is 4.52. The highest BCUT2D eigenvalue weighted by Gasteiger charge is 2.32. The highest BCUT2D eigenvalue weighted by atomic mass is 19.1. The van der Waals surface area contributed by atoms with Crippen LogP contribution in [0.4, 0.5) is 15.8 Å². The molecule has 0 radical (unpaired) electrons. The molecule has 1 fully saturated rings. The van der Waals surface area contributed by atoms with E-state index in [1.54, 1.807) is 25.1 Å². The molecular formula is C29H34FN7O. The number of aliphatic hydroxyl groups excluding tert-OH is 1. The minimum atomic E-state index is -1.53. The lowest BCUT2D eigenvalue weighted by atomic mass is 9.96. The van der Waals surface area contributed by atoms with Gasteiger partial charge in [-0.2, -0.15) is 5.26 Å². The van der Waals surface area contributed by atoms with Crippen molar-refractivity contribution in [3.8, 4) is 6.07 Å². The molecule has 2 unspecified atom stereocenters. The number of nitrogens with one attached hydrogen (secondary N) is 4. The fourth-order valence-corrected chi connectivity index (χ4v) is 4.41. The number of hydrogen-bond donors (Lipinski definition) is 5. The molecule has 198 valence electrons. The molecule has 2 aromatic carbocycles. The van der Waals surface area contributed by atoms with Crippen LogP contribution in [0.5, 0.6) is 0 Å². The van der Waals surface area contributed by atoms with Crippen molar-refractivity contribution in [3.05, 3.63) is 77.0 Å². The van der Waals surface area contributed by atoms with Crippen LogP contribution in [0.2, 0.25) is 0 Å². The van der Waals surface area contributed by atoms with E-state index in [9.17, 15) is 16.1 Å². The summed E-state index contributed by atoms with van der Waals surface area (Å²) >= 11 is 0. The summed E-state index contributed by atoms with van der Waals surface area (Å²) in [6, 6.07) is 10.5. The van der Waals surface area contributed by atoms with Crippen LogP contribution in [0, 0.1) is 22.6 Å². The molecule has 9 heteroatoms. The van der Waals surface area contributed by atoms with Gasteiger partial charge in [-0.05, 0) is 55.0 Å². The minimum Gasteiger partial charge on any atom is -0.389 e. The van der Waals surface area contributed by atoms with Crippen molar-refractivity contribution in [1.82, 2.24) is 21.0 Å². The SMILES string of the molecule is [2H]C(Nc1cc(C(C)O)c2ncc(C#N)c(NCC(C)(C)C)c2c1)(C1=CN(C2CC2)NN1)c1ccc(F)cc1. The third-order valence-corrected chi connectivity index (χ3v) is 6.57. The summed E-state index contributed by atoms with van der Waals surface area (Å²) in [5, 5.41) is 29.9. The fourth-order valence-electron chi connectivity index (χ4n) is 4.41. The third kappa shape index (κ3) is 5.52. The van der Waals surface area contributed by atoms with E-state index >= 15 is 0 Å². The number of fused-ring (bicyclic) bond motifs is 1. The monoisotopic (exact) mass is 516 g/mol. The molecule has 0 amide bonds. The molecule has 0 spiro atoms. The molecule has 2 heterocycles. The summed E-state index contributed by atoms with van der Waals surface area (Å²) in [5.41, 5.74) is 9.94. The fraction of sp³-hybridized carbons (Fsp3) is 0.379. The van der Waals surface area contributed by atoms with Crippen LogP contribution in [0.3, 0.4) is 0 Å². The predicted molar refractivity (Wildman–Crippen MR) is 147 cm³/mol. The van der Waals surface area contributed by atoms with Crippen LogP contribution in [-0.2, 0) is 0 Å². The zero-order valence-corrected chi connectivity index (χ0v) is 22.1. The van der Waals surface area contributed by atoms with Gasteiger partial charge in [0.2, 0.25) is 0 Å². The Hall–Kier alpha value is -3.87. The lowest BCUT2D eigenvalue weighted by Gasteiger charge is -2.24. The number of aliphatic hydroxyl groups is 1. The molecule has 2 atom stereocenters. The van der Waals surface area contributed by atoms with Gasteiger partial charge in [0.1, 0.15) is 11.9 Å².